The maximum absolute atomic E-state index is 12.6. The number of carbonyl (C=O) groups is 1. The number of hydrogen-bond donors (Lipinski definition) is 2. The number of ether oxygens (including phenoxy) is 1. The van der Waals surface area contributed by atoms with Gasteiger partial charge in [-0.05, 0) is 50.9 Å². The summed E-state index contributed by atoms with van der Waals surface area (Å²) in [5.41, 5.74) is 3.27. The van der Waals surface area contributed by atoms with Crippen molar-refractivity contribution in [1.29, 1.82) is 0 Å². The van der Waals surface area contributed by atoms with E-state index in [2.05, 4.69) is 42.7 Å². The SMILES string of the molecule is COCC1(C(=O)NCc2ccc(C)cc2C)CCNCC1. The lowest BCUT2D eigenvalue weighted by molar-refractivity contribution is -0.136. The van der Waals surface area contributed by atoms with E-state index < -0.39 is 0 Å². The Morgan fingerprint density at radius 2 is 2.05 bits per heavy atom. The molecule has 4 nitrogen and oxygen atoms in total. The zero-order valence-electron chi connectivity index (χ0n) is 13.3. The molecule has 1 fully saturated rings. The lowest BCUT2D eigenvalue weighted by Crippen LogP contribution is -2.50. The lowest BCUT2D eigenvalue weighted by atomic mass is 9.78. The summed E-state index contributed by atoms with van der Waals surface area (Å²) in [5, 5.41) is 6.41. The Bertz CT molecular complexity index is 488. The van der Waals surface area contributed by atoms with Crippen molar-refractivity contribution in [3.8, 4) is 0 Å². The van der Waals surface area contributed by atoms with Gasteiger partial charge in [0.2, 0.25) is 5.91 Å². The van der Waals surface area contributed by atoms with E-state index in [1.165, 1.54) is 16.7 Å². The zero-order chi connectivity index (χ0) is 15.3. The Hall–Kier alpha value is -1.39. The van der Waals surface area contributed by atoms with Crippen LogP contribution in [-0.2, 0) is 16.1 Å². The van der Waals surface area contributed by atoms with Crippen LogP contribution >= 0.6 is 0 Å². The normalized spacial score (nSPS) is 17.5. The summed E-state index contributed by atoms with van der Waals surface area (Å²) in [6.07, 6.45) is 1.67. The third kappa shape index (κ3) is 3.83. The molecule has 1 aliphatic rings. The Morgan fingerprint density at radius 3 is 2.67 bits per heavy atom. The van der Waals surface area contributed by atoms with Gasteiger partial charge in [0, 0.05) is 13.7 Å². The maximum atomic E-state index is 12.6. The smallest absolute Gasteiger partial charge is 0.228 e. The summed E-state index contributed by atoms with van der Waals surface area (Å²) in [7, 11) is 1.67. The van der Waals surface area contributed by atoms with Crippen molar-refractivity contribution in [2.45, 2.75) is 33.2 Å². The Kier molecular flexibility index (Phi) is 5.37. The first kappa shape index (κ1) is 16.0. The van der Waals surface area contributed by atoms with E-state index in [1.54, 1.807) is 7.11 Å². The first-order chi connectivity index (χ1) is 10.1. The summed E-state index contributed by atoms with van der Waals surface area (Å²) in [6.45, 7) is 7.00. The van der Waals surface area contributed by atoms with E-state index in [1.807, 2.05) is 0 Å². The van der Waals surface area contributed by atoms with Crippen LogP contribution in [0, 0.1) is 19.3 Å². The second-order valence-corrected chi connectivity index (χ2v) is 6.08. The van der Waals surface area contributed by atoms with Crippen molar-refractivity contribution in [2.24, 2.45) is 5.41 Å². The lowest BCUT2D eigenvalue weighted by Gasteiger charge is -2.35. The highest BCUT2D eigenvalue weighted by Crippen LogP contribution is 2.29. The van der Waals surface area contributed by atoms with Crippen molar-refractivity contribution < 1.29 is 9.53 Å². The Balaban J connectivity index is 2.01. The summed E-state index contributed by atoms with van der Waals surface area (Å²) in [5.74, 6) is 0.117. The van der Waals surface area contributed by atoms with Crippen LogP contribution in [0.1, 0.15) is 29.5 Å². The van der Waals surface area contributed by atoms with E-state index in [-0.39, 0.29) is 11.3 Å². The molecule has 0 radical (unpaired) electrons. The predicted octanol–water partition coefficient (Wildman–Crippen LogP) is 1.94. The van der Waals surface area contributed by atoms with Gasteiger partial charge in [0.25, 0.3) is 0 Å². The number of amides is 1. The molecule has 0 unspecified atom stereocenters. The highest BCUT2D eigenvalue weighted by Gasteiger charge is 2.39. The standard InChI is InChI=1S/C17H26N2O2/c1-13-4-5-15(14(2)10-13)11-19-16(20)17(12-21-3)6-8-18-9-7-17/h4-5,10,18H,6-9,11-12H2,1-3H3,(H,19,20). The third-order valence-electron chi connectivity index (χ3n) is 4.40. The molecule has 1 amide bonds. The molecule has 0 bridgehead atoms. The molecule has 0 aromatic heterocycles. The predicted molar refractivity (Wildman–Crippen MR) is 84.2 cm³/mol. The molecule has 2 rings (SSSR count). The van der Waals surface area contributed by atoms with Crippen molar-refractivity contribution in [2.75, 3.05) is 26.8 Å². The van der Waals surface area contributed by atoms with Gasteiger partial charge in [0.05, 0.1) is 12.0 Å². The molecule has 1 aliphatic heterocycles. The first-order valence-electron chi connectivity index (χ1n) is 7.61. The zero-order valence-corrected chi connectivity index (χ0v) is 13.3. The molecule has 0 atom stereocenters. The van der Waals surface area contributed by atoms with Crippen molar-refractivity contribution in [3.05, 3.63) is 34.9 Å². The largest absolute Gasteiger partial charge is 0.384 e. The van der Waals surface area contributed by atoms with Crippen LogP contribution in [0.5, 0.6) is 0 Å². The second kappa shape index (κ2) is 7.05. The number of benzene rings is 1. The van der Waals surface area contributed by atoms with Gasteiger partial charge in [-0.3, -0.25) is 4.79 Å². The van der Waals surface area contributed by atoms with Gasteiger partial charge in [0.1, 0.15) is 0 Å². The van der Waals surface area contributed by atoms with Gasteiger partial charge < -0.3 is 15.4 Å². The van der Waals surface area contributed by atoms with E-state index >= 15 is 0 Å². The number of methoxy groups -OCH3 is 1. The van der Waals surface area contributed by atoms with Crippen molar-refractivity contribution in [3.63, 3.8) is 0 Å². The number of piperidine rings is 1. The molecule has 4 heteroatoms. The van der Waals surface area contributed by atoms with Crippen LogP contribution in [0.15, 0.2) is 18.2 Å². The highest BCUT2D eigenvalue weighted by molar-refractivity contribution is 5.83. The van der Waals surface area contributed by atoms with Gasteiger partial charge in [-0.1, -0.05) is 23.8 Å². The summed E-state index contributed by atoms with van der Waals surface area (Å²) >= 11 is 0. The number of carbonyl (C=O) groups excluding carboxylic acids is 1. The van der Waals surface area contributed by atoms with Crippen LogP contribution in [0.25, 0.3) is 0 Å². The molecule has 1 aromatic carbocycles. The topological polar surface area (TPSA) is 50.4 Å². The molecule has 0 aliphatic carbocycles. The molecule has 2 N–H and O–H groups in total. The quantitative estimate of drug-likeness (QED) is 0.871. The number of rotatable bonds is 5. The Morgan fingerprint density at radius 1 is 1.33 bits per heavy atom. The summed E-state index contributed by atoms with van der Waals surface area (Å²) in [6, 6.07) is 6.33. The molecule has 0 spiro atoms. The van der Waals surface area contributed by atoms with Gasteiger partial charge in [-0.2, -0.15) is 0 Å². The van der Waals surface area contributed by atoms with E-state index in [9.17, 15) is 4.79 Å². The molecule has 116 valence electrons. The number of nitrogens with one attached hydrogen (secondary N) is 2. The van der Waals surface area contributed by atoms with Crippen LogP contribution in [0.2, 0.25) is 0 Å². The van der Waals surface area contributed by atoms with Crippen LogP contribution in [0.3, 0.4) is 0 Å². The van der Waals surface area contributed by atoms with Gasteiger partial charge >= 0.3 is 0 Å². The highest BCUT2D eigenvalue weighted by atomic mass is 16.5. The molecule has 1 saturated heterocycles. The molecule has 1 heterocycles. The summed E-state index contributed by atoms with van der Waals surface area (Å²) < 4.78 is 5.31. The first-order valence-corrected chi connectivity index (χ1v) is 7.61. The fraction of sp³-hybridized carbons (Fsp3) is 0.588. The monoisotopic (exact) mass is 290 g/mol. The average molecular weight is 290 g/mol. The van der Waals surface area contributed by atoms with Gasteiger partial charge in [0.15, 0.2) is 0 Å². The minimum absolute atomic E-state index is 0.117. The fourth-order valence-corrected chi connectivity index (χ4v) is 3.03. The van der Waals surface area contributed by atoms with Gasteiger partial charge in [-0.15, -0.1) is 0 Å². The van der Waals surface area contributed by atoms with E-state index in [4.69, 9.17) is 4.74 Å². The maximum Gasteiger partial charge on any atom is 0.228 e. The van der Waals surface area contributed by atoms with Crippen molar-refractivity contribution >= 4 is 5.91 Å². The number of hydrogen-bond acceptors (Lipinski definition) is 3. The van der Waals surface area contributed by atoms with Crippen LogP contribution < -0.4 is 10.6 Å². The minimum atomic E-state index is -0.376. The minimum Gasteiger partial charge on any atom is -0.384 e. The van der Waals surface area contributed by atoms with E-state index in [0.717, 1.165) is 25.9 Å². The van der Waals surface area contributed by atoms with Crippen LogP contribution in [0.4, 0.5) is 0 Å². The van der Waals surface area contributed by atoms with Gasteiger partial charge in [-0.25, -0.2) is 0 Å². The molecular formula is C17H26N2O2. The second-order valence-electron chi connectivity index (χ2n) is 6.08. The van der Waals surface area contributed by atoms with Crippen molar-refractivity contribution in [1.82, 2.24) is 10.6 Å². The molecule has 21 heavy (non-hydrogen) atoms. The summed E-state index contributed by atoms with van der Waals surface area (Å²) in [4.78, 5) is 12.6. The molecule has 0 saturated carbocycles. The molecular weight excluding hydrogens is 264 g/mol. The van der Waals surface area contributed by atoms with Crippen LogP contribution in [-0.4, -0.2) is 32.7 Å². The fourth-order valence-electron chi connectivity index (χ4n) is 3.03. The Labute approximate surface area is 127 Å². The average Bonchev–Trinajstić information content (AvgIpc) is 2.47. The third-order valence-corrected chi connectivity index (χ3v) is 4.40. The molecule has 1 aromatic rings. The van der Waals surface area contributed by atoms with E-state index in [0.29, 0.717) is 13.2 Å². The number of aryl methyl sites for hydroxylation is 2.